The fourth-order valence-electron chi connectivity index (χ4n) is 4.04. The number of hydrogen-bond acceptors (Lipinski definition) is 1. The molecule has 2 bridgehead atoms. The van der Waals surface area contributed by atoms with E-state index in [-0.39, 0.29) is 0 Å². The minimum Gasteiger partial charge on any atom is -0.313 e. The van der Waals surface area contributed by atoms with Crippen LogP contribution in [-0.2, 0) is 0 Å². The Morgan fingerprint density at radius 2 is 2.00 bits per heavy atom. The van der Waals surface area contributed by atoms with Crippen molar-refractivity contribution in [3.05, 3.63) is 33.8 Å². The molecule has 4 atom stereocenters. The normalized spacial score (nSPS) is 31.8. The molecule has 1 N–H and O–H groups in total. The average Bonchev–Trinajstić information content (AvgIpc) is 2.97. The summed E-state index contributed by atoms with van der Waals surface area (Å²) in [6.07, 6.45) is 5.66. The molecular formula is C15H19Cl2N. The number of hydrogen-bond donors (Lipinski definition) is 1. The first-order chi connectivity index (χ1) is 8.69. The summed E-state index contributed by atoms with van der Waals surface area (Å²) in [4.78, 5) is 0. The van der Waals surface area contributed by atoms with Gasteiger partial charge in [-0.3, -0.25) is 0 Å². The summed E-state index contributed by atoms with van der Waals surface area (Å²) in [7, 11) is 2.05. The maximum atomic E-state index is 6.14. The number of halogens is 2. The van der Waals surface area contributed by atoms with Gasteiger partial charge in [-0.05, 0) is 61.8 Å². The lowest BCUT2D eigenvalue weighted by Crippen LogP contribution is -2.28. The maximum Gasteiger partial charge on any atom is 0.0595 e. The fourth-order valence-corrected chi connectivity index (χ4v) is 4.34. The van der Waals surface area contributed by atoms with E-state index >= 15 is 0 Å². The molecule has 3 rings (SSSR count). The van der Waals surface area contributed by atoms with Crippen molar-refractivity contribution in [2.75, 3.05) is 7.05 Å². The molecule has 0 spiro atoms. The zero-order valence-corrected chi connectivity index (χ0v) is 12.1. The van der Waals surface area contributed by atoms with Gasteiger partial charge in [0.05, 0.1) is 10.0 Å². The fraction of sp³-hybridized carbons (Fsp3) is 0.600. The Morgan fingerprint density at radius 1 is 1.17 bits per heavy atom. The molecule has 1 aromatic rings. The van der Waals surface area contributed by atoms with Gasteiger partial charge in [0.1, 0.15) is 0 Å². The van der Waals surface area contributed by atoms with Crippen LogP contribution in [0.25, 0.3) is 0 Å². The number of benzene rings is 1. The molecule has 0 radical (unpaired) electrons. The second-order valence-electron chi connectivity index (χ2n) is 5.78. The molecule has 2 fully saturated rings. The van der Waals surface area contributed by atoms with Crippen molar-refractivity contribution in [3.63, 3.8) is 0 Å². The molecule has 0 saturated heterocycles. The van der Waals surface area contributed by atoms with Gasteiger partial charge < -0.3 is 5.32 Å². The van der Waals surface area contributed by atoms with Gasteiger partial charge in [-0.2, -0.15) is 0 Å². The number of nitrogens with one attached hydrogen (secondary N) is 1. The highest BCUT2D eigenvalue weighted by Crippen LogP contribution is 2.52. The Labute approximate surface area is 119 Å². The molecule has 3 heteroatoms. The monoisotopic (exact) mass is 283 g/mol. The predicted molar refractivity (Wildman–Crippen MR) is 77.2 cm³/mol. The van der Waals surface area contributed by atoms with Crippen LogP contribution >= 0.6 is 23.2 Å². The van der Waals surface area contributed by atoms with Crippen LogP contribution in [0.3, 0.4) is 0 Å². The van der Waals surface area contributed by atoms with Crippen molar-refractivity contribution in [3.8, 4) is 0 Å². The first-order valence-electron chi connectivity index (χ1n) is 6.81. The molecule has 18 heavy (non-hydrogen) atoms. The van der Waals surface area contributed by atoms with Gasteiger partial charge in [0.25, 0.3) is 0 Å². The van der Waals surface area contributed by atoms with Gasteiger partial charge in [-0.1, -0.05) is 35.7 Å². The quantitative estimate of drug-likeness (QED) is 0.849. The molecule has 4 unspecified atom stereocenters. The van der Waals surface area contributed by atoms with Crippen LogP contribution in [0.2, 0.25) is 10.0 Å². The van der Waals surface area contributed by atoms with Crippen molar-refractivity contribution in [1.29, 1.82) is 0 Å². The van der Waals surface area contributed by atoms with E-state index in [1.54, 1.807) is 0 Å². The molecule has 0 heterocycles. The highest BCUT2D eigenvalue weighted by Gasteiger charge is 2.43. The van der Waals surface area contributed by atoms with Crippen molar-refractivity contribution in [2.45, 2.75) is 31.7 Å². The smallest absolute Gasteiger partial charge is 0.0595 e. The van der Waals surface area contributed by atoms with Gasteiger partial charge in [-0.15, -0.1) is 0 Å². The summed E-state index contributed by atoms with van der Waals surface area (Å²) in [5, 5.41) is 4.80. The third-order valence-electron chi connectivity index (χ3n) is 4.83. The second-order valence-corrected chi connectivity index (χ2v) is 6.59. The highest BCUT2D eigenvalue weighted by molar-refractivity contribution is 6.42. The third kappa shape index (κ3) is 2.17. The lowest BCUT2D eigenvalue weighted by atomic mass is 9.80. The standard InChI is InChI=1S/C15H19Cl2N/c1-18-15(11-4-5-13(16)14(17)8-11)12-7-9-2-3-10(12)6-9/h4-5,8-10,12,15,18H,2-3,6-7H2,1H3. The molecule has 0 aliphatic heterocycles. The van der Waals surface area contributed by atoms with E-state index in [1.165, 1.54) is 31.2 Å². The maximum absolute atomic E-state index is 6.14. The van der Waals surface area contributed by atoms with Gasteiger partial charge in [0.2, 0.25) is 0 Å². The van der Waals surface area contributed by atoms with Crippen LogP contribution in [0.5, 0.6) is 0 Å². The highest BCUT2D eigenvalue weighted by atomic mass is 35.5. The Kier molecular flexibility index (Phi) is 3.57. The van der Waals surface area contributed by atoms with Crippen LogP contribution in [0.1, 0.15) is 37.3 Å². The Morgan fingerprint density at radius 3 is 2.56 bits per heavy atom. The lowest BCUT2D eigenvalue weighted by Gasteiger charge is -2.30. The van der Waals surface area contributed by atoms with Crippen LogP contribution in [0.15, 0.2) is 18.2 Å². The van der Waals surface area contributed by atoms with E-state index in [4.69, 9.17) is 23.2 Å². The van der Waals surface area contributed by atoms with Crippen molar-refractivity contribution < 1.29 is 0 Å². The van der Waals surface area contributed by atoms with Crippen molar-refractivity contribution >= 4 is 23.2 Å². The molecule has 2 aliphatic rings. The molecule has 98 valence electrons. The van der Waals surface area contributed by atoms with Crippen LogP contribution in [0.4, 0.5) is 0 Å². The largest absolute Gasteiger partial charge is 0.313 e. The molecule has 0 aromatic heterocycles. The van der Waals surface area contributed by atoms with E-state index in [0.717, 1.165) is 17.8 Å². The van der Waals surface area contributed by atoms with E-state index in [2.05, 4.69) is 18.4 Å². The van der Waals surface area contributed by atoms with Crippen molar-refractivity contribution in [2.24, 2.45) is 17.8 Å². The average molecular weight is 284 g/mol. The minimum atomic E-state index is 0.426. The molecule has 2 aliphatic carbocycles. The van der Waals surface area contributed by atoms with E-state index in [9.17, 15) is 0 Å². The van der Waals surface area contributed by atoms with Crippen LogP contribution in [0, 0.1) is 17.8 Å². The Balaban J connectivity index is 1.85. The summed E-state index contributed by atoms with van der Waals surface area (Å²) in [6, 6.07) is 6.48. The summed E-state index contributed by atoms with van der Waals surface area (Å²) >= 11 is 12.1. The zero-order valence-electron chi connectivity index (χ0n) is 10.6. The Bertz CT molecular complexity index is 446. The van der Waals surface area contributed by atoms with Gasteiger partial charge in [-0.25, -0.2) is 0 Å². The third-order valence-corrected chi connectivity index (χ3v) is 5.57. The Hall–Kier alpha value is -0.240. The second kappa shape index (κ2) is 5.03. The number of fused-ring (bicyclic) bond motifs is 2. The zero-order chi connectivity index (χ0) is 12.7. The molecule has 1 aromatic carbocycles. The first-order valence-corrected chi connectivity index (χ1v) is 7.57. The summed E-state index contributed by atoms with van der Waals surface area (Å²) in [6.45, 7) is 0. The SMILES string of the molecule is CNC(c1ccc(Cl)c(Cl)c1)C1CC2CCC1C2. The molecular weight excluding hydrogens is 265 g/mol. The topological polar surface area (TPSA) is 12.0 Å². The lowest BCUT2D eigenvalue weighted by molar-refractivity contribution is 0.259. The van der Waals surface area contributed by atoms with Crippen molar-refractivity contribution in [1.82, 2.24) is 5.32 Å². The van der Waals surface area contributed by atoms with Crippen LogP contribution < -0.4 is 5.32 Å². The number of rotatable bonds is 3. The predicted octanol–water partition coefficient (Wildman–Crippen LogP) is 4.69. The molecule has 1 nitrogen and oxygen atoms in total. The van der Waals surface area contributed by atoms with Gasteiger partial charge >= 0.3 is 0 Å². The summed E-state index contributed by atoms with van der Waals surface area (Å²) in [5.74, 6) is 2.64. The van der Waals surface area contributed by atoms with Gasteiger partial charge in [0, 0.05) is 6.04 Å². The molecule has 2 saturated carbocycles. The summed E-state index contributed by atoms with van der Waals surface area (Å²) < 4.78 is 0. The first kappa shape index (κ1) is 12.8. The van der Waals surface area contributed by atoms with Gasteiger partial charge in [0.15, 0.2) is 0 Å². The van der Waals surface area contributed by atoms with E-state index < -0.39 is 0 Å². The summed E-state index contributed by atoms with van der Waals surface area (Å²) in [5.41, 5.74) is 1.28. The van der Waals surface area contributed by atoms with E-state index in [0.29, 0.717) is 16.1 Å². The minimum absolute atomic E-state index is 0.426. The van der Waals surface area contributed by atoms with Crippen LogP contribution in [-0.4, -0.2) is 7.05 Å². The molecule has 0 amide bonds. The van der Waals surface area contributed by atoms with E-state index in [1.807, 2.05) is 12.1 Å².